The maximum absolute atomic E-state index is 11.5. The van der Waals surface area contributed by atoms with Gasteiger partial charge in [0.05, 0.1) is 7.11 Å². The predicted octanol–water partition coefficient (Wildman–Crippen LogP) is 2.84. The number of carbonyl (C=O) groups is 1. The Morgan fingerprint density at radius 3 is 2.61 bits per heavy atom. The minimum Gasteiger partial charge on any atom is -0.486 e. The van der Waals surface area contributed by atoms with E-state index in [4.69, 9.17) is 9.47 Å². The van der Waals surface area contributed by atoms with Gasteiger partial charge in [0.2, 0.25) is 0 Å². The van der Waals surface area contributed by atoms with E-state index in [0.717, 1.165) is 11.6 Å². The highest BCUT2D eigenvalue weighted by molar-refractivity contribution is 8.00. The van der Waals surface area contributed by atoms with Crippen LogP contribution in [0.4, 0.5) is 0 Å². The van der Waals surface area contributed by atoms with Crippen molar-refractivity contribution in [2.45, 2.75) is 44.3 Å². The van der Waals surface area contributed by atoms with E-state index in [-0.39, 0.29) is 11.2 Å². The van der Waals surface area contributed by atoms with Gasteiger partial charge < -0.3 is 14.0 Å². The minimum absolute atomic E-state index is 0.280. The van der Waals surface area contributed by atoms with E-state index in [1.807, 2.05) is 42.7 Å². The Hall–Kier alpha value is -2.02. The van der Waals surface area contributed by atoms with Gasteiger partial charge in [-0.15, -0.1) is 10.2 Å². The van der Waals surface area contributed by atoms with E-state index in [2.05, 4.69) is 10.2 Å². The number of rotatable bonds is 7. The molecule has 0 spiro atoms. The quantitative estimate of drug-likeness (QED) is 0.572. The van der Waals surface area contributed by atoms with Gasteiger partial charge in [-0.25, -0.2) is 0 Å². The van der Waals surface area contributed by atoms with Crippen molar-refractivity contribution in [2.75, 3.05) is 7.11 Å². The Bertz CT molecular complexity index is 655. The number of ether oxygens (including phenoxy) is 2. The summed E-state index contributed by atoms with van der Waals surface area (Å²) in [4.78, 5) is 11.5. The molecule has 1 heterocycles. The van der Waals surface area contributed by atoms with Gasteiger partial charge in [0.25, 0.3) is 0 Å². The number of nitrogens with zero attached hydrogens (tertiary/aromatic N) is 3. The highest BCUT2D eigenvalue weighted by atomic mass is 32.2. The molecule has 0 aliphatic rings. The first kappa shape index (κ1) is 17.3. The maximum atomic E-state index is 11.5. The summed E-state index contributed by atoms with van der Waals surface area (Å²) in [5.41, 5.74) is 1.18. The van der Waals surface area contributed by atoms with Crippen molar-refractivity contribution in [1.29, 1.82) is 0 Å². The predicted molar refractivity (Wildman–Crippen MR) is 88.5 cm³/mol. The summed E-state index contributed by atoms with van der Waals surface area (Å²) in [6, 6.07) is 7.85. The van der Waals surface area contributed by atoms with Gasteiger partial charge in [-0.1, -0.05) is 29.5 Å². The van der Waals surface area contributed by atoms with Crippen LogP contribution in [0.5, 0.6) is 5.75 Å². The molecule has 2 aromatic rings. The molecule has 1 atom stereocenters. The van der Waals surface area contributed by atoms with Crippen molar-refractivity contribution < 1.29 is 14.3 Å². The second-order valence-corrected chi connectivity index (χ2v) is 6.34. The van der Waals surface area contributed by atoms with Gasteiger partial charge in [0, 0.05) is 6.54 Å². The Balaban J connectivity index is 2.05. The molecule has 0 N–H and O–H groups in total. The summed E-state index contributed by atoms with van der Waals surface area (Å²) < 4.78 is 12.4. The van der Waals surface area contributed by atoms with E-state index in [1.165, 1.54) is 24.4 Å². The minimum atomic E-state index is -0.333. The van der Waals surface area contributed by atoms with Crippen LogP contribution in [0, 0.1) is 6.92 Å². The number of aromatic nitrogens is 3. The summed E-state index contributed by atoms with van der Waals surface area (Å²) >= 11 is 1.33. The van der Waals surface area contributed by atoms with Crippen LogP contribution in [0.2, 0.25) is 0 Å². The lowest BCUT2D eigenvalue weighted by Crippen LogP contribution is -2.16. The molecule has 6 nitrogen and oxygen atoms in total. The zero-order valence-electron chi connectivity index (χ0n) is 13.8. The van der Waals surface area contributed by atoms with Crippen molar-refractivity contribution in [3.05, 3.63) is 35.7 Å². The molecule has 23 heavy (non-hydrogen) atoms. The summed E-state index contributed by atoms with van der Waals surface area (Å²) in [6.07, 6.45) is 0. The number of benzene rings is 1. The molecule has 1 aromatic carbocycles. The average molecular weight is 335 g/mol. The van der Waals surface area contributed by atoms with Crippen molar-refractivity contribution in [3.8, 4) is 5.75 Å². The fourth-order valence-electron chi connectivity index (χ4n) is 1.99. The molecule has 0 fully saturated rings. The Kier molecular flexibility index (Phi) is 6.04. The van der Waals surface area contributed by atoms with Crippen molar-refractivity contribution in [1.82, 2.24) is 14.8 Å². The molecule has 0 amide bonds. The van der Waals surface area contributed by atoms with E-state index in [9.17, 15) is 4.79 Å². The van der Waals surface area contributed by atoms with Gasteiger partial charge >= 0.3 is 5.97 Å². The molecule has 0 radical (unpaired) electrons. The zero-order chi connectivity index (χ0) is 16.8. The number of hydrogen-bond acceptors (Lipinski definition) is 6. The summed E-state index contributed by atoms with van der Waals surface area (Å²) in [5, 5.41) is 8.69. The third-order valence-electron chi connectivity index (χ3n) is 3.31. The maximum Gasteiger partial charge on any atom is 0.318 e. The summed E-state index contributed by atoms with van der Waals surface area (Å²) in [5.74, 6) is 1.24. The van der Waals surface area contributed by atoms with Crippen LogP contribution in [0.25, 0.3) is 0 Å². The van der Waals surface area contributed by atoms with Crippen LogP contribution in [-0.2, 0) is 22.7 Å². The number of thioether (sulfide) groups is 1. The van der Waals surface area contributed by atoms with Crippen LogP contribution in [0.3, 0.4) is 0 Å². The number of methoxy groups -OCH3 is 1. The van der Waals surface area contributed by atoms with E-state index in [1.54, 1.807) is 6.92 Å². The Labute approximate surface area is 140 Å². The van der Waals surface area contributed by atoms with E-state index >= 15 is 0 Å². The van der Waals surface area contributed by atoms with Crippen LogP contribution in [0.15, 0.2) is 29.4 Å². The van der Waals surface area contributed by atoms with Gasteiger partial charge in [-0.05, 0) is 32.9 Å². The molecule has 0 saturated carbocycles. The first-order valence-corrected chi connectivity index (χ1v) is 8.29. The summed E-state index contributed by atoms with van der Waals surface area (Å²) in [7, 11) is 1.38. The van der Waals surface area contributed by atoms with Crippen LogP contribution in [0.1, 0.15) is 25.2 Å². The molecular weight excluding hydrogens is 314 g/mol. The number of hydrogen-bond donors (Lipinski definition) is 0. The lowest BCUT2D eigenvalue weighted by Gasteiger charge is -2.11. The highest BCUT2D eigenvalue weighted by Gasteiger charge is 2.20. The molecule has 0 saturated heterocycles. The number of carbonyl (C=O) groups excluding carboxylic acids is 1. The molecule has 124 valence electrons. The van der Waals surface area contributed by atoms with Gasteiger partial charge in [0.1, 0.15) is 17.6 Å². The Morgan fingerprint density at radius 2 is 2.00 bits per heavy atom. The fourth-order valence-corrected chi connectivity index (χ4v) is 2.94. The standard InChI is InChI=1S/C16H21N3O3S/c1-5-19-14(10-22-13-8-6-11(2)7-9-13)17-18-16(19)23-12(3)15(20)21-4/h6-9,12H,5,10H2,1-4H3/t12-/m1/s1. The largest absolute Gasteiger partial charge is 0.486 e. The monoisotopic (exact) mass is 335 g/mol. The average Bonchev–Trinajstić information content (AvgIpc) is 2.95. The van der Waals surface area contributed by atoms with Crippen molar-refractivity contribution in [3.63, 3.8) is 0 Å². The van der Waals surface area contributed by atoms with Gasteiger partial charge in [-0.3, -0.25) is 4.79 Å². The van der Waals surface area contributed by atoms with Gasteiger partial charge in [-0.2, -0.15) is 0 Å². The number of aryl methyl sites for hydroxylation is 1. The molecule has 0 unspecified atom stereocenters. The second kappa shape index (κ2) is 8.01. The normalized spacial score (nSPS) is 12.0. The van der Waals surface area contributed by atoms with E-state index in [0.29, 0.717) is 18.3 Å². The van der Waals surface area contributed by atoms with Crippen LogP contribution < -0.4 is 4.74 Å². The highest BCUT2D eigenvalue weighted by Crippen LogP contribution is 2.23. The molecule has 0 bridgehead atoms. The zero-order valence-corrected chi connectivity index (χ0v) is 14.6. The Morgan fingerprint density at radius 1 is 1.30 bits per heavy atom. The molecule has 1 aromatic heterocycles. The molecule has 0 aliphatic carbocycles. The second-order valence-electron chi connectivity index (χ2n) is 5.03. The number of esters is 1. The van der Waals surface area contributed by atoms with Crippen LogP contribution in [-0.4, -0.2) is 33.1 Å². The van der Waals surface area contributed by atoms with E-state index < -0.39 is 0 Å². The topological polar surface area (TPSA) is 66.2 Å². The molecule has 2 rings (SSSR count). The first-order chi connectivity index (χ1) is 11.0. The molecule has 0 aliphatic heterocycles. The van der Waals surface area contributed by atoms with Crippen LogP contribution >= 0.6 is 11.8 Å². The molecular formula is C16H21N3O3S. The lowest BCUT2D eigenvalue weighted by molar-refractivity contribution is -0.139. The smallest absolute Gasteiger partial charge is 0.318 e. The third-order valence-corrected chi connectivity index (χ3v) is 4.37. The SMILES string of the molecule is CCn1c(COc2ccc(C)cc2)nnc1S[C@H](C)C(=O)OC. The van der Waals surface area contributed by atoms with Gasteiger partial charge in [0.15, 0.2) is 11.0 Å². The third kappa shape index (κ3) is 4.48. The fraction of sp³-hybridized carbons (Fsp3) is 0.438. The molecule has 7 heteroatoms. The summed E-state index contributed by atoms with van der Waals surface area (Å²) in [6.45, 7) is 6.86. The van der Waals surface area contributed by atoms with Crippen molar-refractivity contribution >= 4 is 17.7 Å². The van der Waals surface area contributed by atoms with Crippen molar-refractivity contribution in [2.24, 2.45) is 0 Å². The lowest BCUT2D eigenvalue weighted by atomic mass is 10.2. The first-order valence-electron chi connectivity index (χ1n) is 7.41.